The molecule has 3 N–H and O–H groups in total. The topological polar surface area (TPSA) is 108 Å². The monoisotopic (exact) mass is 410 g/mol. The number of alkyl halides is 3. The molecule has 154 valence electrons. The second kappa shape index (κ2) is 9.09. The average molecular weight is 410 g/mol. The first kappa shape index (κ1) is 21.7. The van der Waals surface area contributed by atoms with E-state index in [-0.39, 0.29) is 11.3 Å². The molecule has 7 nitrogen and oxygen atoms in total. The van der Waals surface area contributed by atoms with Gasteiger partial charge >= 0.3 is 12.1 Å². The molecule has 2 aromatic carbocycles. The summed E-state index contributed by atoms with van der Waals surface area (Å²) in [7, 11) is 0. The van der Waals surface area contributed by atoms with Crippen LogP contribution in [0, 0.1) is 0 Å². The number of rotatable bonds is 7. The van der Waals surface area contributed by atoms with E-state index in [9.17, 15) is 27.6 Å². The highest BCUT2D eigenvalue weighted by Crippen LogP contribution is 2.34. The van der Waals surface area contributed by atoms with Crippen LogP contribution < -0.4 is 15.8 Å². The molecule has 0 radical (unpaired) electrons. The zero-order valence-corrected chi connectivity index (χ0v) is 15.2. The van der Waals surface area contributed by atoms with Gasteiger partial charge in [0.05, 0.1) is 16.8 Å². The fraction of sp³-hybridized carbons (Fsp3) is 0.211. The van der Waals surface area contributed by atoms with E-state index in [1.165, 1.54) is 31.2 Å². The van der Waals surface area contributed by atoms with Crippen LogP contribution in [0.15, 0.2) is 48.5 Å². The summed E-state index contributed by atoms with van der Waals surface area (Å²) in [6, 6.07) is 10.3. The van der Waals surface area contributed by atoms with E-state index in [4.69, 9.17) is 15.2 Å². The Labute approximate surface area is 163 Å². The summed E-state index contributed by atoms with van der Waals surface area (Å²) in [5.41, 5.74) is 3.75. The fourth-order valence-corrected chi connectivity index (χ4v) is 2.29. The maximum absolute atomic E-state index is 13.0. The van der Waals surface area contributed by atoms with Crippen molar-refractivity contribution in [1.29, 1.82) is 0 Å². The highest BCUT2D eigenvalue weighted by Gasteiger charge is 2.34. The van der Waals surface area contributed by atoms with E-state index in [1.807, 2.05) is 0 Å². The molecule has 0 unspecified atom stereocenters. The molecule has 0 aliphatic rings. The average Bonchev–Trinajstić information content (AvgIpc) is 2.66. The number of anilines is 1. The molecule has 29 heavy (non-hydrogen) atoms. The van der Waals surface area contributed by atoms with Gasteiger partial charge in [-0.25, -0.2) is 4.79 Å². The fourth-order valence-electron chi connectivity index (χ4n) is 2.29. The Morgan fingerprint density at radius 1 is 1.07 bits per heavy atom. The third-order valence-electron chi connectivity index (χ3n) is 3.67. The second-order valence-electron chi connectivity index (χ2n) is 5.81. The number of benzene rings is 2. The van der Waals surface area contributed by atoms with Gasteiger partial charge in [0.25, 0.3) is 11.8 Å². The van der Waals surface area contributed by atoms with Gasteiger partial charge in [-0.15, -0.1) is 0 Å². The summed E-state index contributed by atoms with van der Waals surface area (Å²) < 4.78 is 49.0. The van der Waals surface area contributed by atoms with Gasteiger partial charge in [0, 0.05) is 0 Å². The van der Waals surface area contributed by atoms with Crippen molar-refractivity contribution in [2.75, 3.05) is 11.9 Å². The Bertz CT molecular complexity index is 915. The Kier molecular flexibility index (Phi) is 6.81. The lowest BCUT2D eigenvalue weighted by atomic mass is 10.1. The molecule has 1 atom stereocenters. The standard InChI is InChI=1S/C19H17F3N2O5/c1-11(18(27)24-14-8-4-3-7-13(14)19(20,21)22)29-16(25)10-28-15-9-5-2-6-12(15)17(23)26/h2-9,11H,10H2,1H3,(H2,23,26)(H,24,27)/t11-/m0/s1. The number of primary amides is 1. The summed E-state index contributed by atoms with van der Waals surface area (Å²) in [6.45, 7) is 0.557. The first-order chi connectivity index (χ1) is 13.6. The molecule has 0 saturated heterocycles. The number of nitrogens with one attached hydrogen (secondary N) is 1. The first-order valence-corrected chi connectivity index (χ1v) is 8.27. The molecular weight excluding hydrogens is 393 g/mol. The number of nitrogens with two attached hydrogens (primary N) is 1. The summed E-state index contributed by atoms with van der Waals surface area (Å²) in [5.74, 6) is -2.62. The summed E-state index contributed by atoms with van der Waals surface area (Å²) in [5, 5.41) is 2.08. The largest absolute Gasteiger partial charge is 0.481 e. The summed E-state index contributed by atoms with van der Waals surface area (Å²) >= 11 is 0. The van der Waals surface area contributed by atoms with Gasteiger partial charge in [0.15, 0.2) is 12.7 Å². The SMILES string of the molecule is C[C@H](OC(=O)COc1ccccc1C(N)=O)C(=O)Nc1ccccc1C(F)(F)F. The van der Waals surface area contributed by atoms with Crippen LogP contribution in [0.5, 0.6) is 5.75 Å². The lowest BCUT2D eigenvalue weighted by Gasteiger charge is -2.17. The number of carbonyl (C=O) groups is 3. The first-order valence-electron chi connectivity index (χ1n) is 8.27. The van der Waals surface area contributed by atoms with Crippen LogP contribution >= 0.6 is 0 Å². The minimum atomic E-state index is -4.66. The molecule has 0 heterocycles. The summed E-state index contributed by atoms with van der Waals surface area (Å²) in [4.78, 5) is 35.3. The molecule has 0 aliphatic heterocycles. The van der Waals surface area contributed by atoms with Gasteiger partial charge in [-0.1, -0.05) is 24.3 Å². The predicted molar refractivity (Wildman–Crippen MR) is 96.1 cm³/mol. The molecule has 0 aliphatic carbocycles. The molecule has 0 bridgehead atoms. The molecule has 0 fully saturated rings. The molecule has 0 spiro atoms. The Balaban J connectivity index is 1.95. The van der Waals surface area contributed by atoms with E-state index in [0.717, 1.165) is 12.1 Å². The smallest absolute Gasteiger partial charge is 0.418 e. The second-order valence-corrected chi connectivity index (χ2v) is 5.81. The number of para-hydroxylation sites is 2. The molecule has 0 saturated carbocycles. The lowest BCUT2D eigenvalue weighted by molar-refractivity contribution is -0.155. The zero-order valence-electron chi connectivity index (χ0n) is 15.2. The number of esters is 1. The summed E-state index contributed by atoms with van der Waals surface area (Å²) in [6.07, 6.45) is -6.05. The van der Waals surface area contributed by atoms with Gasteiger partial charge in [-0.3, -0.25) is 9.59 Å². The van der Waals surface area contributed by atoms with Crippen LogP contribution in [-0.2, 0) is 20.5 Å². The van der Waals surface area contributed by atoms with E-state index < -0.39 is 47.9 Å². The highest BCUT2D eigenvalue weighted by molar-refractivity contribution is 5.96. The van der Waals surface area contributed by atoms with Crippen LogP contribution in [0.1, 0.15) is 22.8 Å². The zero-order chi connectivity index (χ0) is 21.6. The van der Waals surface area contributed by atoms with Gasteiger partial charge in [0.1, 0.15) is 5.75 Å². The molecule has 10 heteroatoms. The van der Waals surface area contributed by atoms with Gasteiger partial charge in [0.2, 0.25) is 0 Å². The number of amides is 2. The quantitative estimate of drug-likeness (QED) is 0.683. The van der Waals surface area contributed by atoms with Crippen LogP contribution in [0.2, 0.25) is 0 Å². The third-order valence-corrected chi connectivity index (χ3v) is 3.67. The minimum absolute atomic E-state index is 0.0492. The van der Waals surface area contributed by atoms with Crippen molar-refractivity contribution in [3.63, 3.8) is 0 Å². The van der Waals surface area contributed by atoms with E-state index in [2.05, 4.69) is 5.32 Å². The number of hydrogen-bond donors (Lipinski definition) is 2. The van der Waals surface area contributed by atoms with E-state index in [1.54, 1.807) is 12.1 Å². The van der Waals surface area contributed by atoms with Gasteiger partial charge < -0.3 is 20.5 Å². The number of halogens is 3. The highest BCUT2D eigenvalue weighted by atomic mass is 19.4. The third kappa shape index (κ3) is 5.96. The molecule has 0 aromatic heterocycles. The number of carbonyl (C=O) groups excluding carboxylic acids is 3. The number of hydrogen-bond acceptors (Lipinski definition) is 5. The molecular formula is C19H17F3N2O5. The van der Waals surface area contributed by atoms with Crippen LogP contribution in [0.25, 0.3) is 0 Å². The lowest BCUT2D eigenvalue weighted by Crippen LogP contribution is -2.32. The van der Waals surface area contributed by atoms with Crippen molar-refractivity contribution in [1.82, 2.24) is 0 Å². The predicted octanol–water partition coefficient (Wildman–Crippen LogP) is 2.75. The van der Waals surface area contributed by atoms with Crippen molar-refractivity contribution >= 4 is 23.5 Å². The molecule has 2 aromatic rings. The normalized spacial score (nSPS) is 12.0. The van der Waals surface area contributed by atoms with Crippen molar-refractivity contribution in [3.05, 3.63) is 59.7 Å². The van der Waals surface area contributed by atoms with Crippen molar-refractivity contribution < 1.29 is 37.0 Å². The van der Waals surface area contributed by atoms with Gasteiger partial charge in [-0.05, 0) is 31.2 Å². The molecule has 2 amide bonds. The van der Waals surface area contributed by atoms with Gasteiger partial charge in [-0.2, -0.15) is 13.2 Å². The van der Waals surface area contributed by atoms with Crippen molar-refractivity contribution in [3.8, 4) is 5.75 Å². The van der Waals surface area contributed by atoms with E-state index >= 15 is 0 Å². The van der Waals surface area contributed by atoms with Crippen LogP contribution in [0.4, 0.5) is 18.9 Å². The Morgan fingerprint density at radius 2 is 1.69 bits per heavy atom. The Morgan fingerprint density at radius 3 is 2.34 bits per heavy atom. The minimum Gasteiger partial charge on any atom is -0.481 e. The maximum atomic E-state index is 13.0. The molecule has 2 rings (SSSR count). The van der Waals surface area contributed by atoms with Crippen LogP contribution in [0.3, 0.4) is 0 Å². The van der Waals surface area contributed by atoms with Crippen LogP contribution in [-0.4, -0.2) is 30.5 Å². The van der Waals surface area contributed by atoms with Crippen molar-refractivity contribution in [2.24, 2.45) is 5.73 Å². The Hall–Kier alpha value is -3.56. The van der Waals surface area contributed by atoms with Crippen molar-refractivity contribution in [2.45, 2.75) is 19.2 Å². The maximum Gasteiger partial charge on any atom is 0.418 e. The van der Waals surface area contributed by atoms with E-state index in [0.29, 0.717) is 0 Å². The number of ether oxygens (including phenoxy) is 2.